The van der Waals surface area contributed by atoms with Crippen LogP contribution in [0.25, 0.3) is 11.0 Å². The highest BCUT2D eigenvalue weighted by molar-refractivity contribution is 14.0. The minimum Gasteiger partial charge on any atom is -0.370 e. The van der Waals surface area contributed by atoms with E-state index in [1.165, 1.54) is 12.1 Å². The first kappa shape index (κ1) is 19.4. The first-order chi connectivity index (χ1) is 12.7. The van der Waals surface area contributed by atoms with E-state index in [9.17, 15) is 4.39 Å². The molecule has 1 aromatic carbocycles. The van der Waals surface area contributed by atoms with Crippen molar-refractivity contribution in [2.45, 2.75) is 6.54 Å². The molecule has 27 heavy (non-hydrogen) atoms. The van der Waals surface area contributed by atoms with Gasteiger partial charge in [0, 0.05) is 43.4 Å². The lowest BCUT2D eigenvalue weighted by atomic mass is 10.2. The Balaban J connectivity index is 0.00000210. The van der Waals surface area contributed by atoms with Crippen LogP contribution in [0, 0.1) is 5.82 Å². The van der Waals surface area contributed by atoms with Crippen LogP contribution in [0.2, 0.25) is 0 Å². The molecule has 0 unspecified atom stereocenters. The van der Waals surface area contributed by atoms with Crippen LogP contribution in [0.4, 0.5) is 10.1 Å². The molecule has 3 heterocycles. The number of anilines is 1. The highest BCUT2D eigenvalue weighted by atomic mass is 127. The van der Waals surface area contributed by atoms with E-state index < -0.39 is 0 Å². The molecule has 0 radical (unpaired) electrons. The molecule has 1 aliphatic rings. The van der Waals surface area contributed by atoms with Crippen molar-refractivity contribution < 1.29 is 4.39 Å². The van der Waals surface area contributed by atoms with Crippen LogP contribution >= 0.6 is 24.0 Å². The molecule has 1 aliphatic heterocycles. The zero-order valence-corrected chi connectivity index (χ0v) is 17.1. The van der Waals surface area contributed by atoms with Crippen molar-refractivity contribution >= 4 is 46.7 Å². The van der Waals surface area contributed by atoms with Crippen LogP contribution in [0.5, 0.6) is 0 Å². The summed E-state index contributed by atoms with van der Waals surface area (Å²) in [6.07, 6.45) is 1.87. The van der Waals surface area contributed by atoms with Crippen molar-refractivity contribution in [3.8, 4) is 0 Å². The van der Waals surface area contributed by atoms with Crippen molar-refractivity contribution in [3.05, 3.63) is 60.2 Å². The van der Waals surface area contributed by atoms with Gasteiger partial charge in [0.1, 0.15) is 11.5 Å². The predicted octanol–water partition coefficient (Wildman–Crippen LogP) is 2.96. The molecule has 0 spiro atoms. The second-order valence-corrected chi connectivity index (χ2v) is 6.34. The van der Waals surface area contributed by atoms with E-state index in [0.717, 1.165) is 48.6 Å². The average Bonchev–Trinajstić information content (AvgIpc) is 3.15. The summed E-state index contributed by atoms with van der Waals surface area (Å²) < 4.78 is 13.0. The summed E-state index contributed by atoms with van der Waals surface area (Å²) in [7, 11) is 0. The van der Waals surface area contributed by atoms with E-state index in [1.807, 2.05) is 36.5 Å². The van der Waals surface area contributed by atoms with Crippen molar-refractivity contribution in [3.63, 3.8) is 0 Å². The molecule has 0 saturated carbocycles. The molecule has 2 aromatic heterocycles. The van der Waals surface area contributed by atoms with Gasteiger partial charge in [-0.1, -0.05) is 0 Å². The molecular formula is C19H22FIN6. The second kappa shape index (κ2) is 8.55. The summed E-state index contributed by atoms with van der Waals surface area (Å²) in [4.78, 5) is 16.4. The first-order valence-electron chi connectivity index (χ1n) is 8.67. The van der Waals surface area contributed by atoms with Crippen LogP contribution in [-0.4, -0.2) is 47.0 Å². The van der Waals surface area contributed by atoms with Crippen molar-refractivity contribution in [1.29, 1.82) is 0 Å². The summed E-state index contributed by atoms with van der Waals surface area (Å²) >= 11 is 0. The maximum atomic E-state index is 13.0. The molecule has 0 amide bonds. The summed E-state index contributed by atoms with van der Waals surface area (Å²) in [5, 5.41) is 1.09. The van der Waals surface area contributed by atoms with Crippen LogP contribution in [0.1, 0.15) is 5.69 Å². The summed E-state index contributed by atoms with van der Waals surface area (Å²) in [6, 6.07) is 12.6. The fourth-order valence-corrected chi connectivity index (χ4v) is 3.17. The fraction of sp³-hybridized carbons (Fsp3) is 0.263. The number of pyridine rings is 1. The molecule has 0 atom stereocenters. The van der Waals surface area contributed by atoms with Crippen molar-refractivity contribution in [2.24, 2.45) is 10.7 Å². The molecule has 6 nitrogen and oxygen atoms in total. The number of nitrogens with one attached hydrogen (secondary N) is 1. The van der Waals surface area contributed by atoms with E-state index in [4.69, 9.17) is 5.73 Å². The molecule has 8 heteroatoms. The SMILES string of the molecule is I.NC(=NCc1ccc2cc[nH]c2n1)N1CCN(c2ccc(F)cc2)CC1. The van der Waals surface area contributed by atoms with E-state index in [2.05, 4.69) is 24.8 Å². The molecule has 3 aromatic rings. The molecule has 1 saturated heterocycles. The van der Waals surface area contributed by atoms with E-state index >= 15 is 0 Å². The van der Waals surface area contributed by atoms with E-state index in [0.29, 0.717) is 12.5 Å². The number of piperazine rings is 1. The van der Waals surface area contributed by atoms with Gasteiger partial charge in [0.15, 0.2) is 5.96 Å². The van der Waals surface area contributed by atoms with Gasteiger partial charge in [-0.05, 0) is 42.5 Å². The smallest absolute Gasteiger partial charge is 0.191 e. The third-order valence-electron chi connectivity index (χ3n) is 4.67. The quantitative estimate of drug-likeness (QED) is 0.344. The predicted molar refractivity (Wildman–Crippen MR) is 117 cm³/mol. The number of nitrogens with two attached hydrogens (primary N) is 1. The lowest BCUT2D eigenvalue weighted by molar-refractivity contribution is 0.380. The van der Waals surface area contributed by atoms with E-state index in [1.54, 1.807) is 0 Å². The molecule has 3 N–H and O–H groups in total. The monoisotopic (exact) mass is 480 g/mol. The number of rotatable bonds is 3. The number of aromatic amines is 1. The molecule has 4 rings (SSSR count). The van der Waals surface area contributed by atoms with Crippen LogP contribution in [0.15, 0.2) is 53.7 Å². The summed E-state index contributed by atoms with van der Waals surface area (Å²) in [5.74, 6) is 0.326. The number of H-pyrrole nitrogens is 1. The van der Waals surface area contributed by atoms with Crippen LogP contribution < -0.4 is 10.6 Å². The van der Waals surface area contributed by atoms with Gasteiger partial charge in [0.05, 0.1) is 12.2 Å². The maximum Gasteiger partial charge on any atom is 0.191 e. The zero-order chi connectivity index (χ0) is 17.9. The van der Waals surface area contributed by atoms with Gasteiger partial charge in [-0.25, -0.2) is 14.4 Å². The Morgan fingerprint density at radius 1 is 1.07 bits per heavy atom. The third-order valence-corrected chi connectivity index (χ3v) is 4.67. The number of fused-ring (bicyclic) bond motifs is 1. The van der Waals surface area contributed by atoms with Gasteiger partial charge >= 0.3 is 0 Å². The Hall–Kier alpha value is -2.36. The standard InChI is InChI=1S/C19H21FN6.HI/c20-15-2-5-17(6-3-15)25-9-11-26(12-10-25)19(21)23-13-16-4-1-14-7-8-22-18(14)24-16;/h1-8H,9-13H2,(H2,21,23)(H,22,24);1H. The van der Waals surface area contributed by atoms with Crippen molar-refractivity contribution in [1.82, 2.24) is 14.9 Å². The number of hydrogen-bond donors (Lipinski definition) is 2. The number of aliphatic imine (C=N–C) groups is 1. The Morgan fingerprint density at radius 2 is 1.81 bits per heavy atom. The second-order valence-electron chi connectivity index (χ2n) is 6.34. The minimum absolute atomic E-state index is 0. The highest BCUT2D eigenvalue weighted by Crippen LogP contribution is 2.17. The van der Waals surface area contributed by atoms with Gasteiger partial charge in [-0.2, -0.15) is 0 Å². The van der Waals surface area contributed by atoms with E-state index in [-0.39, 0.29) is 29.8 Å². The first-order valence-corrected chi connectivity index (χ1v) is 8.67. The topological polar surface area (TPSA) is 73.5 Å². The molecule has 0 aliphatic carbocycles. The Bertz CT molecular complexity index is 915. The highest BCUT2D eigenvalue weighted by Gasteiger charge is 2.18. The van der Waals surface area contributed by atoms with Gasteiger partial charge in [-0.3, -0.25) is 0 Å². The van der Waals surface area contributed by atoms with Crippen molar-refractivity contribution in [2.75, 3.05) is 31.1 Å². The lowest BCUT2D eigenvalue weighted by Gasteiger charge is -2.36. The largest absolute Gasteiger partial charge is 0.370 e. The van der Waals surface area contributed by atoms with Gasteiger partial charge in [0.2, 0.25) is 0 Å². The van der Waals surface area contributed by atoms with Gasteiger partial charge in [-0.15, -0.1) is 24.0 Å². The number of aromatic nitrogens is 2. The molecule has 142 valence electrons. The maximum absolute atomic E-state index is 13.0. The summed E-state index contributed by atoms with van der Waals surface area (Å²) in [6.45, 7) is 3.69. The number of benzene rings is 1. The lowest BCUT2D eigenvalue weighted by Crippen LogP contribution is -2.51. The number of guanidine groups is 1. The Morgan fingerprint density at radius 3 is 2.56 bits per heavy atom. The Kier molecular flexibility index (Phi) is 6.15. The summed E-state index contributed by atoms with van der Waals surface area (Å²) in [5.41, 5.74) is 8.94. The molecule has 1 fully saturated rings. The normalized spacial score (nSPS) is 15.1. The van der Waals surface area contributed by atoms with Crippen LogP contribution in [-0.2, 0) is 6.54 Å². The molecular weight excluding hydrogens is 458 g/mol. The fourth-order valence-electron chi connectivity index (χ4n) is 3.17. The third kappa shape index (κ3) is 4.49. The zero-order valence-electron chi connectivity index (χ0n) is 14.8. The average molecular weight is 480 g/mol. The minimum atomic E-state index is -0.213. The van der Waals surface area contributed by atoms with Crippen LogP contribution in [0.3, 0.4) is 0 Å². The van der Waals surface area contributed by atoms with Gasteiger partial charge in [0.25, 0.3) is 0 Å². The number of halogens is 2. The Labute approximate surface area is 174 Å². The molecule has 0 bridgehead atoms. The number of nitrogens with zero attached hydrogens (tertiary/aromatic N) is 4. The van der Waals surface area contributed by atoms with Gasteiger partial charge < -0.3 is 20.5 Å². The number of hydrogen-bond acceptors (Lipinski definition) is 3.